The van der Waals surface area contributed by atoms with Gasteiger partial charge in [-0.25, -0.2) is 9.79 Å². The summed E-state index contributed by atoms with van der Waals surface area (Å²) in [6, 6.07) is 12.0. The Labute approximate surface area is 214 Å². The summed E-state index contributed by atoms with van der Waals surface area (Å²) in [4.78, 5) is 57.8. The number of hydrogen-bond acceptors (Lipinski definition) is 8. The van der Waals surface area contributed by atoms with Gasteiger partial charge in [0.15, 0.2) is 4.80 Å². The zero-order valence-corrected chi connectivity index (χ0v) is 21.1. The number of nitrogens with zero attached hydrogens (tertiary/aromatic N) is 4. The number of carbonyl (C=O) groups excluding carboxylic acids is 2. The van der Waals surface area contributed by atoms with Crippen LogP contribution in [-0.4, -0.2) is 34.5 Å². The number of amides is 1. The summed E-state index contributed by atoms with van der Waals surface area (Å²) in [6.07, 6.45) is 0. The molecule has 1 aromatic heterocycles. The Morgan fingerprint density at radius 1 is 1.16 bits per heavy atom. The second kappa shape index (κ2) is 9.25. The van der Waals surface area contributed by atoms with Crippen LogP contribution in [0, 0.1) is 10.1 Å². The number of ether oxygens (including phenoxy) is 1. The van der Waals surface area contributed by atoms with Gasteiger partial charge < -0.3 is 9.64 Å². The smallest absolute Gasteiger partial charge is 0.338 e. The van der Waals surface area contributed by atoms with E-state index in [2.05, 4.69) is 4.99 Å². The first-order valence-electron chi connectivity index (χ1n) is 11.7. The first-order valence-corrected chi connectivity index (χ1v) is 12.5. The van der Waals surface area contributed by atoms with Crippen molar-refractivity contribution in [2.75, 3.05) is 18.1 Å². The van der Waals surface area contributed by atoms with Gasteiger partial charge in [-0.05, 0) is 32.4 Å². The number of allylic oxidation sites excluding steroid dienone is 1. The molecule has 0 saturated heterocycles. The number of anilines is 1. The number of nitro groups is 1. The van der Waals surface area contributed by atoms with Gasteiger partial charge in [0.25, 0.3) is 17.2 Å². The molecule has 0 unspecified atom stereocenters. The maximum Gasteiger partial charge on any atom is 0.338 e. The third kappa shape index (κ3) is 3.78. The lowest BCUT2D eigenvalue weighted by molar-refractivity contribution is -0.384. The van der Waals surface area contributed by atoms with E-state index >= 15 is 0 Å². The molecule has 3 aromatic rings. The lowest BCUT2D eigenvalue weighted by Gasteiger charge is -2.24. The molecule has 3 heterocycles. The van der Waals surface area contributed by atoms with Crippen molar-refractivity contribution in [2.24, 2.45) is 4.99 Å². The summed E-state index contributed by atoms with van der Waals surface area (Å²) < 4.78 is 6.79. The Hall–Kier alpha value is -4.38. The number of aromatic nitrogens is 1. The number of hydrogen-bond donors (Lipinski definition) is 0. The number of rotatable bonds is 5. The van der Waals surface area contributed by atoms with E-state index in [1.54, 1.807) is 36.9 Å². The molecule has 0 radical (unpaired) electrons. The highest BCUT2D eigenvalue weighted by Gasteiger charge is 2.37. The van der Waals surface area contributed by atoms with Crippen LogP contribution in [0.5, 0.6) is 0 Å². The van der Waals surface area contributed by atoms with Gasteiger partial charge in [0, 0.05) is 24.2 Å². The van der Waals surface area contributed by atoms with Crippen molar-refractivity contribution < 1.29 is 19.2 Å². The van der Waals surface area contributed by atoms with Gasteiger partial charge in [0.2, 0.25) is 0 Å². The summed E-state index contributed by atoms with van der Waals surface area (Å²) in [6.45, 7) is 5.68. The van der Waals surface area contributed by atoms with E-state index in [4.69, 9.17) is 4.74 Å². The zero-order chi connectivity index (χ0) is 26.4. The molecule has 188 valence electrons. The summed E-state index contributed by atoms with van der Waals surface area (Å²) >= 11 is 1.06. The third-order valence-electron chi connectivity index (χ3n) is 6.36. The predicted octanol–water partition coefficient (Wildman–Crippen LogP) is 2.44. The van der Waals surface area contributed by atoms with Crippen LogP contribution < -0.4 is 19.8 Å². The Kier molecular flexibility index (Phi) is 6.08. The van der Waals surface area contributed by atoms with Gasteiger partial charge in [-0.15, -0.1) is 0 Å². The fourth-order valence-corrected chi connectivity index (χ4v) is 5.92. The van der Waals surface area contributed by atoms with Gasteiger partial charge in [0.05, 0.1) is 40.1 Å². The number of benzene rings is 2. The fourth-order valence-electron chi connectivity index (χ4n) is 4.78. The molecule has 2 aliphatic rings. The Balaban J connectivity index is 1.84. The molecule has 0 saturated carbocycles. The van der Waals surface area contributed by atoms with Crippen LogP contribution in [0.1, 0.15) is 37.9 Å². The average molecular weight is 519 g/mol. The SMILES string of the molecule is CCOC(=O)C1=C(C)N=c2sc(=C3C(=O)N(CC)c4ccccc43)c(=O)n2[C@@H]1c1cccc([N+](=O)[O-])c1. The van der Waals surface area contributed by atoms with Crippen molar-refractivity contribution in [3.8, 4) is 0 Å². The summed E-state index contributed by atoms with van der Waals surface area (Å²) in [5.41, 5.74) is 1.75. The second-order valence-corrected chi connectivity index (χ2v) is 9.39. The van der Waals surface area contributed by atoms with Crippen molar-refractivity contribution in [2.45, 2.75) is 26.8 Å². The van der Waals surface area contributed by atoms with E-state index in [1.165, 1.54) is 22.8 Å². The van der Waals surface area contributed by atoms with Gasteiger partial charge in [-0.3, -0.25) is 24.3 Å². The van der Waals surface area contributed by atoms with Crippen molar-refractivity contribution in [1.29, 1.82) is 0 Å². The number of likely N-dealkylation sites (N-methyl/N-ethyl adjacent to an activating group) is 1. The third-order valence-corrected chi connectivity index (χ3v) is 7.41. The maximum atomic E-state index is 14.0. The van der Waals surface area contributed by atoms with Crippen LogP contribution in [0.2, 0.25) is 0 Å². The molecule has 0 fully saturated rings. The highest BCUT2D eigenvalue weighted by atomic mass is 32.1. The van der Waals surface area contributed by atoms with E-state index in [1.807, 2.05) is 19.1 Å². The van der Waals surface area contributed by atoms with Crippen LogP contribution in [0.25, 0.3) is 5.57 Å². The van der Waals surface area contributed by atoms with Crippen molar-refractivity contribution >= 4 is 40.2 Å². The Morgan fingerprint density at radius 2 is 1.92 bits per heavy atom. The standard InChI is InChI=1S/C26H22N4O6S/c1-4-28-18-12-7-6-11-17(18)20(23(28)31)22-24(32)29-21(15-9-8-10-16(13-15)30(34)35)19(25(33)36-5-2)14(3)27-26(29)37-22/h6-13,21H,4-5H2,1-3H3/t21-/m1/s1. The minimum atomic E-state index is -1.02. The molecule has 0 spiro atoms. The zero-order valence-electron chi connectivity index (χ0n) is 20.3. The first kappa shape index (κ1) is 24.3. The molecule has 10 nitrogen and oxygen atoms in total. The molecule has 0 N–H and O–H groups in total. The molecule has 1 amide bonds. The Bertz CT molecular complexity index is 1700. The molecule has 0 bridgehead atoms. The van der Waals surface area contributed by atoms with Crippen molar-refractivity contribution in [3.63, 3.8) is 0 Å². The molecule has 1 atom stereocenters. The topological polar surface area (TPSA) is 124 Å². The van der Waals surface area contributed by atoms with Crippen molar-refractivity contribution in [1.82, 2.24) is 4.57 Å². The number of esters is 1. The van der Waals surface area contributed by atoms with Crippen molar-refractivity contribution in [3.05, 3.63) is 101 Å². The van der Waals surface area contributed by atoms with Gasteiger partial charge in [0.1, 0.15) is 4.53 Å². The van der Waals surface area contributed by atoms with Crippen LogP contribution in [0.3, 0.4) is 0 Å². The molecular formula is C26H22N4O6S. The molecule has 37 heavy (non-hydrogen) atoms. The van der Waals surface area contributed by atoms with E-state index in [-0.39, 0.29) is 38.7 Å². The number of nitro benzene ring substituents is 1. The van der Waals surface area contributed by atoms with Gasteiger partial charge in [-0.1, -0.05) is 41.7 Å². The van der Waals surface area contributed by atoms with Crippen LogP contribution >= 0.6 is 11.3 Å². The second-order valence-electron chi connectivity index (χ2n) is 8.42. The van der Waals surface area contributed by atoms with Crippen LogP contribution in [0.4, 0.5) is 11.4 Å². The minimum Gasteiger partial charge on any atom is -0.463 e. The fraction of sp³-hybridized carbons (Fsp3) is 0.231. The van der Waals surface area contributed by atoms with E-state index < -0.39 is 22.5 Å². The van der Waals surface area contributed by atoms with E-state index in [0.717, 1.165) is 17.0 Å². The lowest BCUT2D eigenvalue weighted by Crippen LogP contribution is -2.41. The molecule has 0 aliphatic carbocycles. The van der Waals surface area contributed by atoms with Gasteiger partial charge in [-0.2, -0.15) is 0 Å². The summed E-state index contributed by atoms with van der Waals surface area (Å²) in [7, 11) is 0. The molecule has 11 heteroatoms. The van der Waals surface area contributed by atoms with Crippen LogP contribution in [-0.2, 0) is 14.3 Å². The lowest BCUT2D eigenvalue weighted by atomic mass is 9.95. The molecular weight excluding hydrogens is 496 g/mol. The summed E-state index contributed by atoms with van der Waals surface area (Å²) in [5, 5.41) is 11.5. The normalized spacial score (nSPS) is 17.9. The Morgan fingerprint density at radius 3 is 2.62 bits per heavy atom. The van der Waals surface area contributed by atoms with E-state index in [0.29, 0.717) is 23.4 Å². The minimum absolute atomic E-state index is 0.101. The first-order chi connectivity index (χ1) is 17.8. The maximum absolute atomic E-state index is 14.0. The van der Waals surface area contributed by atoms with E-state index in [9.17, 15) is 24.5 Å². The quantitative estimate of drug-likeness (QED) is 0.290. The predicted molar refractivity (Wildman–Crippen MR) is 137 cm³/mol. The number of fused-ring (bicyclic) bond motifs is 2. The van der Waals surface area contributed by atoms with Gasteiger partial charge >= 0.3 is 5.97 Å². The number of non-ortho nitro benzene ring substituents is 1. The van der Waals surface area contributed by atoms with Crippen LogP contribution in [0.15, 0.2) is 69.6 Å². The molecule has 5 rings (SSSR count). The highest BCUT2D eigenvalue weighted by molar-refractivity contribution is 7.07. The highest BCUT2D eigenvalue weighted by Crippen LogP contribution is 2.35. The molecule has 2 aromatic carbocycles. The largest absolute Gasteiger partial charge is 0.463 e. The molecule has 2 aliphatic heterocycles. The summed E-state index contributed by atoms with van der Waals surface area (Å²) in [5.74, 6) is -0.958. The monoisotopic (exact) mass is 518 g/mol. The average Bonchev–Trinajstić information content (AvgIpc) is 3.35. The number of thiazole rings is 1. The number of carbonyl (C=O) groups is 2. The number of para-hydroxylation sites is 1.